The summed E-state index contributed by atoms with van der Waals surface area (Å²) in [5.74, 6) is -3.74. The molecule has 1 heterocycles. The molecule has 0 radical (unpaired) electrons. The standard InChI is InChI=1S/C15H15F3N2O3/c16-10-6-9(7-11(17)14(10)18)3-4-19-15(22)20-8-12(21)13-2-1-5-23-13/h1-2,5-7,12,21H,3-4,8H2,(H2,19,20,22). The molecule has 0 saturated carbocycles. The quantitative estimate of drug-likeness (QED) is 0.712. The van der Waals surface area contributed by atoms with Crippen LogP contribution >= 0.6 is 0 Å². The van der Waals surface area contributed by atoms with Crippen molar-refractivity contribution in [3.8, 4) is 0 Å². The van der Waals surface area contributed by atoms with Gasteiger partial charge in [-0.3, -0.25) is 0 Å². The van der Waals surface area contributed by atoms with Crippen LogP contribution in [0.4, 0.5) is 18.0 Å². The van der Waals surface area contributed by atoms with Gasteiger partial charge in [-0.2, -0.15) is 0 Å². The fourth-order valence-corrected chi connectivity index (χ4v) is 1.91. The van der Waals surface area contributed by atoms with Crippen LogP contribution in [0, 0.1) is 17.5 Å². The van der Waals surface area contributed by atoms with Gasteiger partial charge in [0.05, 0.1) is 12.8 Å². The van der Waals surface area contributed by atoms with E-state index in [9.17, 15) is 23.1 Å². The van der Waals surface area contributed by atoms with Crippen LogP contribution in [-0.4, -0.2) is 24.2 Å². The van der Waals surface area contributed by atoms with Gasteiger partial charge < -0.3 is 20.2 Å². The van der Waals surface area contributed by atoms with Gasteiger partial charge in [0.15, 0.2) is 17.5 Å². The van der Waals surface area contributed by atoms with Crippen LogP contribution in [0.2, 0.25) is 0 Å². The fourth-order valence-electron chi connectivity index (χ4n) is 1.91. The Labute approximate surface area is 130 Å². The molecule has 0 saturated heterocycles. The molecule has 2 aromatic rings. The summed E-state index contributed by atoms with van der Waals surface area (Å²) in [5, 5.41) is 14.6. The number of furan rings is 1. The predicted molar refractivity (Wildman–Crippen MR) is 75.1 cm³/mol. The van der Waals surface area contributed by atoms with E-state index in [2.05, 4.69) is 10.6 Å². The van der Waals surface area contributed by atoms with Crippen molar-refractivity contribution >= 4 is 6.03 Å². The highest BCUT2D eigenvalue weighted by molar-refractivity contribution is 5.73. The lowest BCUT2D eigenvalue weighted by molar-refractivity contribution is 0.148. The number of halogens is 3. The average molecular weight is 328 g/mol. The molecule has 0 bridgehead atoms. The molecule has 5 nitrogen and oxygen atoms in total. The van der Waals surface area contributed by atoms with E-state index in [1.165, 1.54) is 6.26 Å². The Hall–Kier alpha value is -2.48. The molecular formula is C15H15F3N2O3. The molecule has 0 spiro atoms. The second-order valence-corrected chi connectivity index (χ2v) is 4.79. The van der Waals surface area contributed by atoms with Gasteiger partial charge in [0.2, 0.25) is 0 Å². The van der Waals surface area contributed by atoms with Crippen LogP contribution < -0.4 is 10.6 Å². The Morgan fingerprint density at radius 2 is 1.91 bits per heavy atom. The molecule has 23 heavy (non-hydrogen) atoms. The van der Waals surface area contributed by atoms with E-state index < -0.39 is 29.6 Å². The SMILES string of the molecule is O=C(NCCc1cc(F)c(F)c(F)c1)NCC(O)c1ccco1. The summed E-state index contributed by atoms with van der Waals surface area (Å²) in [7, 11) is 0. The van der Waals surface area contributed by atoms with E-state index in [-0.39, 0.29) is 25.1 Å². The number of nitrogens with one attached hydrogen (secondary N) is 2. The molecule has 1 unspecified atom stereocenters. The van der Waals surface area contributed by atoms with Crippen LogP contribution in [-0.2, 0) is 6.42 Å². The van der Waals surface area contributed by atoms with Gasteiger partial charge in [0.25, 0.3) is 0 Å². The van der Waals surface area contributed by atoms with Crippen molar-refractivity contribution in [2.24, 2.45) is 0 Å². The van der Waals surface area contributed by atoms with Crippen LogP contribution in [0.5, 0.6) is 0 Å². The van der Waals surface area contributed by atoms with Gasteiger partial charge in [0, 0.05) is 6.54 Å². The molecule has 2 amide bonds. The zero-order valence-corrected chi connectivity index (χ0v) is 12.0. The lowest BCUT2D eigenvalue weighted by Crippen LogP contribution is -2.38. The number of hydrogen-bond donors (Lipinski definition) is 3. The zero-order chi connectivity index (χ0) is 16.8. The van der Waals surface area contributed by atoms with E-state index in [1.54, 1.807) is 12.1 Å². The normalized spacial score (nSPS) is 12.0. The number of aliphatic hydroxyl groups excluding tert-OH is 1. The molecule has 1 atom stereocenters. The Kier molecular flexibility index (Phi) is 5.64. The molecule has 124 valence electrons. The number of rotatable bonds is 6. The highest BCUT2D eigenvalue weighted by Gasteiger charge is 2.12. The Balaban J connectivity index is 1.72. The van der Waals surface area contributed by atoms with Gasteiger partial charge in [-0.15, -0.1) is 0 Å². The number of carbonyl (C=O) groups is 1. The van der Waals surface area contributed by atoms with Gasteiger partial charge in [0.1, 0.15) is 11.9 Å². The maximum atomic E-state index is 13.0. The molecule has 1 aromatic heterocycles. The minimum absolute atomic E-state index is 0.0564. The van der Waals surface area contributed by atoms with Crippen LogP contribution in [0.1, 0.15) is 17.4 Å². The van der Waals surface area contributed by atoms with E-state index in [4.69, 9.17) is 4.42 Å². The third kappa shape index (κ3) is 4.75. The van der Waals surface area contributed by atoms with Gasteiger partial charge in [-0.25, -0.2) is 18.0 Å². The van der Waals surface area contributed by atoms with Crippen molar-refractivity contribution in [1.29, 1.82) is 0 Å². The maximum absolute atomic E-state index is 13.0. The number of aliphatic hydroxyl groups is 1. The Morgan fingerprint density at radius 3 is 2.52 bits per heavy atom. The minimum atomic E-state index is -1.52. The minimum Gasteiger partial charge on any atom is -0.467 e. The lowest BCUT2D eigenvalue weighted by Gasteiger charge is -2.11. The first-order valence-electron chi connectivity index (χ1n) is 6.84. The number of amides is 2. The fraction of sp³-hybridized carbons (Fsp3) is 0.267. The summed E-state index contributed by atoms with van der Waals surface area (Å²) in [6.45, 7) is 0.0341. The first kappa shape index (κ1) is 16.9. The van der Waals surface area contributed by atoms with Crippen molar-refractivity contribution < 1.29 is 27.5 Å². The average Bonchev–Trinajstić information content (AvgIpc) is 3.04. The summed E-state index contributed by atoms with van der Waals surface area (Å²) < 4.78 is 43.8. The molecule has 0 aliphatic heterocycles. The molecule has 3 N–H and O–H groups in total. The summed E-state index contributed by atoms with van der Waals surface area (Å²) >= 11 is 0. The van der Waals surface area contributed by atoms with E-state index in [1.807, 2.05) is 0 Å². The van der Waals surface area contributed by atoms with E-state index in [0.29, 0.717) is 5.76 Å². The number of hydrogen-bond acceptors (Lipinski definition) is 3. The van der Waals surface area contributed by atoms with Crippen molar-refractivity contribution in [3.63, 3.8) is 0 Å². The zero-order valence-electron chi connectivity index (χ0n) is 12.0. The third-order valence-corrected chi connectivity index (χ3v) is 3.07. The molecule has 2 rings (SSSR count). The summed E-state index contributed by atoms with van der Waals surface area (Å²) in [5.41, 5.74) is 0.220. The van der Waals surface area contributed by atoms with E-state index in [0.717, 1.165) is 12.1 Å². The van der Waals surface area contributed by atoms with Crippen LogP contribution in [0.3, 0.4) is 0 Å². The van der Waals surface area contributed by atoms with Crippen LogP contribution in [0.25, 0.3) is 0 Å². The van der Waals surface area contributed by atoms with Gasteiger partial charge >= 0.3 is 6.03 Å². The third-order valence-electron chi connectivity index (χ3n) is 3.07. The molecule has 1 aromatic carbocycles. The smallest absolute Gasteiger partial charge is 0.314 e. The monoisotopic (exact) mass is 328 g/mol. The highest BCUT2D eigenvalue weighted by atomic mass is 19.2. The summed E-state index contributed by atoms with van der Waals surface area (Å²) in [4.78, 5) is 11.5. The van der Waals surface area contributed by atoms with Crippen molar-refractivity contribution in [1.82, 2.24) is 10.6 Å². The molecule has 0 fully saturated rings. The topological polar surface area (TPSA) is 74.5 Å². The van der Waals surface area contributed by atoms with Crippen molar-refractivity contribution in [2.45, 2.75) is 12.5 Å². The van der Waals surface area contributed by atoms with Crippen molar-refractivity contribution in [2.75, 3.05) is 13.1 Å². The van der Waals surface area contributed by atoms with Crippen molar-refractivity contribution in [3.05, 3.63) is 59.3 Å². The maximum Gasteiger partial charge on any atom is 0.314 e. The Bertz CT molecular complexity index is 639. The number of carbonyl (C=O) groups excluding carboxylic acids is 1. The molecule has 0 aliphatic carbocycles. The Morgan fingerprint density at radius 1 is 1.22 bits per heavy atom. The largest absolute Gasteiger partial charge is 0.467 e. The van der Waals surface area contributed by atoms with Gasteiger partial charge in [-0.1, -0.05) is 0 Å². The predicted octanol–water partition coefficient (Wildman–Crippen LogP) is 2.27. The molecule has 0 aliphatic rings. The molecule has 8 heteroatoms. The summed E-state index contributed by atoms with van der Waals surface area (Å²) in [6, 6.07) is 4.37. The second-order valence-electron chi connectivity index (χ2n) is 4.79. The second kappa shape index (κ2) is 7.68. The first-order valence-corrected chi connectivity index (χ1v) is 6.84. The number of benzene rings is 1. The number of urea groups is 1. The lowest BCUT2D eigenvalue weighted by atomic mass is 10.1. The van der Waals surface area contributed by atoms with Crippen LogP contribution in [0.15, 0.2) is 34.9 Å². The first-order chi connectivity index (χ1) is 11.0. The highest BCUT2D eigenvalue weighted by Crippen LogP contribution is 2.14. The molecular weight excluding hydrogens is 313 g/mol. The van der Waals surface area contributed by atoms with E-state index >= 15 is 0 Å². The summed E-state index contributed by atoms with van der Waals surface area (Å²) in [6.07, 6.45) is 0.554. The van der Waals surface area contributed by atoms with Gasteiger partial charge in [-0.05, 0) is 36.2 Å².